The fourth-order valence-corrected chi connectivity index (χ4v) is 3.71. The molecule has 4 rings (SSSR count). The molecule has 1 amide bonds. The Morgan fingerprint density at radius 1 is 1.29 bits per heavy atom. The van der Waals surface area contributed by atoms with Crippen LogP contribution in [0.3, 0.4) is 0 Å². The Bertz CT molecular complexity index is 907. The highest BCUT2D eigenvalue weighted by molar-refractivity contribution is 6.07. The highest BCUT2D eigenvalue weighted by Gasteiger charge is 2.42. The van der Waals surface area contributed by atoms with Crippen molar-refractivity contribution in [3.05, 3.63) is 41.5 Å². The minimum atomic E-state index is -1.06. The number of carbonyl (C=O) groups excluding carboxylic acids is 1. The lowest BCUT2D eigenvalue weighted by atomic mass is 9.94. The quantitative estimate of drug-likeness (QED) is 0.855. The zero-order chi connectivity index (χ0) is 19.6. The molecule has 3 heterocycles. The number of amides is 1. The van der Waals surface area contributed by atoms with Gasteiger partial charge in [0, 0.05) is 24.9 Å². The van der Waals surface area contributed by atoms with Crippen LogP contribution in [-0.4, -0.2) is 39.1 Å². The summed E-state index contributed by atoms with van der Waals surface area (Å²) in [5.74, 6) is 2.29. The summed E-state index contributed by atoms with van der Waals surface area (Å²) in [4.78, 5) is 18.4. The van der Waals surface area contributed by atoms with Crippen molar-refractivity contribution in [3.8, 4) is 5.75 Å². The predicted molar refractivity (Wildman–Crippen MR) is 103 cm³/mol. The molecule has 0 bridgehead atoms. The van der Waals surface area contributed by atoms with Gasteiger partial charge in [0.25, 0.3) is 5.91 Å². The Morgan fingerprint density at radius 3 is 3.00 bits per heavy atom. The first-order valence-electron chi connectivity index (χ1n) is 9.68. The first-order valence-corrected chi connectivity index (χ1v) is 9.68. The van der Waals surface area contributed by atoms with Gasteiger partial charge in [-0.25, -0.2) is 0 Å². The third kappa shape index (κ3) is 3.46. The van der Waals surface area contributed by atoms with E-state index in [-0.39, 0.29) is 5.91 Å². The molecule has 148 valence electrons. The normalized spacial score (nSPS) is 21.3. The molecule has 8 nitrogen and oxygen atoms in total. The lowest BCUT2D eigenvalue weighted by molar-refractivity contribution is -0.141. The number of methoxy groups -OCH3 is 1. The van der Waals surface area contributed by atoms with E-state index in [4.69, 9.17) is 9.57 Å². The molecular weight excluding hydrogens is 358 g/mol. The van der Waals surface area contributed by atoms with E-state index in [9.17, 15) is 4.79 Å². The summed E-state index contributed by atoms with van der Waals surface area (Å²) in [6.07, 6.45) is 4.77. The maximum Gasteiger partial charge on any atom is 0.267 e. The van der Waals surface area contributed by atoms with Crippen molar-refractivity contribution in [1.29, 1.82) is 0 Å². The smallest absolute Gasteiger partial charge is 0.267 e. The number of rotatable bonds is 5. The van der Waals surface area contributed by atoms with Gasteiger partial charge in [0.1, 0.15) is 11.6 Å². The van der Waals surface area contributed by atoms with Crippen molar-refractivity contribution in [2.24, 2.45) is 5.16 Å². The average molecular weight is 383 g/mol. The fourth-order valence-electron chi connectivity index (χ4n) is 3.71. The molecule has 0 fully saturated rings. The van der Waals surface area contributed by atoms with E-state index >= 15 is 0 Å². The molecule has 2 aromatic rings. The maximum absolute atomic E-state index is 12.8. The molecule has 1 aromatic carbocycles. The molecule has 0 aliphatic carbocycles. The third-order valence-corrected chi connectivity index (χ3v) is 5.35. The average Bonchev–Trinajstić information content (AvgIpc) is 3.22. The zero-order valence-corrected chi connectivity index (χ0v) is 16.3. The summed E-state index contributed by atoms with van der Waals surface area (Å²) in [6.45, 7) is 2.98. The number of aryl methyl sites for hydroxylation is 1. The van der Waals surface area contributed by atoms with Gasteiger partial charge in [-0.2, -0.15) is 0 Å². The molecule has 1 aromatic heterocycles. The first kappa shape index (κ1) is 18.5. The number of nitrogens with one attached hydrogen (secondary N) is 1. The van der Waals surface area contributed by atoms with Crippen LogP contribution in [0.15, 0.2) is 29.4 Å². The summed E-state index contributed by atoms with van der Waals surface area (Å²) in [5.41, 5.74) is 0.480. The van der Waals surface area contributed by atoms with Crippen LogP contribution in [0.4, 0.5) is 0 Å². The molecule has 0 radical (unpaired) electrons. The summed E-state index contributed by atoms with van der Waals surface area (Å²) < 4.78 is 7.52. The molecule has 2 aliphatic heterocycles. The Kier molecular flexibility index (Phi) is 5.02. The minimum absolute atomic E-state index is 0.216. The first-order chi connectivity index (χ1) is 13.6. The van der Waals surface area contributed by atoms with Crippen LogP contribution < -0.4 is 10.1 Å². The summed E-state index contributed by atoms with van der Waals surface area (Å²) >= 11 is 0. The molecule has 0 saturated heterocycles. The molecule has 0 unspecified atom stereocenters. The molecule has 1 N–H and O–H groups in total. The topological polar surface area (TPSA) is 90.6 Å². The van der Waals surface area contributed by atoms with E-state index in [0.717, 1.165) is 43.0 Å². The number of hydrogen-bond donors (Lipinski definition) is 1. The number of hydrogen-bond acceptors (Lipinski definition) is 6. The lowest BCUT2D eigenvalue weighted by Gasteiger charge is -2.20. The Hall–Kier alpha value is -2.90. The summed E-state index contributed by atoms with van der Waals surface area (Å²) in [7, 11) is 1.61. The molecule has 0 saturated carbocycles. The second-order valence-corrected chi connectivity index (χ2v) is 7.41. The highest BCUT2D eigenvalue weighted by Crippen LogP contribution is 2.30. The zero-order valence-electron chi connectivity index (χ0n) is 16.3. The van der Waals surface area contributed by atoms with Gasteiger partial charge in [-0.1, -0.05) is 23.7 Å². The van der Waals surface area contributed by atoms with Crippen LogP contribution in [0, 0.1) is 0 Å². The van der Waals surface area contributed by atoms with Gasteiger partial charge in [-0.15, -0.1) is 10.2 Å². The largest absolute Gasteiger partial charge is 0.496 e. The number of oxime groups is 1. The van der Waals surface area contributed by atoms with E-state index in [2.05, 4.69) is 25.2 Å². The molecular formula is C20H25N5O3. The van der Waals surface area contributed by atoms with Gasteiger partial charge in [-0.05, 0) is 31.9 Å². The fraction of sp³-hybridized carbons (Fsp3) is 0.500. The SMILES string of the molecule is COc1ccccc1C1=NO[C@@](C)(C(=O)NCc2nnc3n2CCCCC3)C1. The molecule has 2 aliphatic rings. The monoisotopic (exact) mass is 383 g/mol. The molecule has 8 heteroatoms. The van der Waals surface area contributed by atoms with E-state index < -0.39 is 5.60 Å². The number of aromatic nitrogens is 3. The van der Waals surface area contributed by atoms with Crippen molar-refractivity contribution in [1.82, 2.24) is 20.1 Å². The van der Waals surface area contributed by atoms with E-state index in [1.807, 2.05) is 24.3 Å². The number of para-hydroxylation sites is 1. The van der Waals surface area contributed by atoms with Crippen LogP contribution >= 0.6 is 0 Å². The number of ether oxygens (including phenoxy) is 1. The van der Waals surface area contributed by atoms with Gasteiger partial charge >= 0.3 is 0 Å². The van der Waals surface area contributed by atoms with Crippen molar-refractivity contribution in [2.45, 2.75) is 57.7 Å². The predicted octanol–water partition coefficient (Wildman–Crippen LogP) is 2.21. The molecule has 28 heavy (non-hydrogen) atoms. The summed E-state index contributed by atoms with van der Waals surface area (Å²) in [5, 5.41) is 15.6. The third-order valence-electron chi connectivity index (χ3n) is 5.35. The van der Waals surface area contributed by atoms with E-state index in [1.54, 1.807) is 14.0 Å². The number of fused-ring (bicyclic) bond motifs is 1. The van der Waals surface area contributed by atoms with E-state index in [0.29, 0.717) is 24.4 Å². The van der Waals surface area contributed by atoms with Crippen LogP contribution in [-0.2, 0) is 29.1 Å². The number of carbonyl (C=O) groups is 1. The Balaban J connectivity index is 1.41. The van der Waals surface area contributed by atoms with Gasteiger partial charge in [0.05, 0.1) is 19.4 Å². The van der Waals surface area contributed by atoms with Gasteiger partial charge < -0.3 is 19.5 Å². The van der Waals surface area contributed by atoms with Crippen molar-refractivity contribution in [2.75, 3.05) is 7.11 Å². The minimum Gasteiger partial charge on any atom is -0.496 e. The van der Waals surface area contributed by atoms with Gasteiger partial charge in [0.2, 0.25) is 5.60 Å². The summed E-state index contributed by atoms with van der Waals surface area (Å²) in [6, 6.07) is 7.58. The van der Waals surface area contributed by atoms with E-state index in [1.165, 1.54) is 6.42 Å². The van der Waals surface area contributed by atoms with Crippen molar-refractivity contribution < 1.29 is 14.4 Å². The second kappa shape index (κ2) is 7.61. The van der Waals surface area contributed by atoms with Gasteiger partial charge in [0.15, 0.2) is 5.82 Å². The second-order valence-electron chi connectivity index (χ2n) is 7.41. The van der Waals surface area contributed by atoms with Gasteiger partial charge in [-0.3, -0.25) is 4.79 Å². The molecule has 1 atom stereocenters. The van der Waals surface area contributed by atoms with Crippen molar-refractivity contribution >= 4 is 11.6 Å². The van der Waals surface area contributed by atoms with Crippen molar-refractivity contribution in [3.63, 3.8) is 0 Å². The van der Waals surface area contributed by atoms with Crippen LogP contribution in [0.25, 0.3) is 0 Å². The lowest BCUT2D eigenvalue weighted by Crippen LogP contribution is -2.44. The van der Waals surface area contributed by atoms with Crippen LogP contribution in [0.1, 0.15) is 49.8 Å². The Labute approximate surface area is 163 Å². The standard InChI is InChI=1S/C20H25N5O3/c1-20(12-15(24-28-20)14-8-5-6-9-16(14)27-2)19(26)21-13-18-23-22-17-10-4-3-7-11-25(17)18/h5-6,8-9H,3-4,7,10-13H2,1-2H3,(H,21,26)/t20-/m1/s1. The Morgan fingerprint density at radius 2 is 2.14 bits per heavy atom. The maximum atomic E-state index is 12.8. The highest BCUT2D eigenvalue weighted by atomic mass is 16.7. The van der Waals surface area contributed by atoms with Crippen LogP contribution in [0.5, 0.6) is 5.75 Å². The molecule has 0 spiro atoms. The van der Waals surface area contributed by atoms with Crippen LogP contribution in [0.2, 0.25) is 0 Å². The number of nitrogens with zero attached hydrogens (tertiary/aromatic N) is 4. The number of benzene rings is 1.